The lowest BCUT2D eigenvalue weighted by atomic mass is 10.1. The molecule has 1 unspecified atom stereocenters. The van der Waals surface area contributed by atoms with Crippen molar-refractivity contribution < 1.29 is 13.9 Å². The number of nitrogens with zero attached hydrogens (tertiary/aromatic N) is 2. The Bertz CT molecular complexity index is 1050. The molecule has 2 aromatic carbocycles. The second-order valence-electron chi connectivity index (χ2n) is 8.96. The molecule has 1 aliphatic carbocycles. The Hall–Kier alpha value is -2.57. The number of alkyl halides is 1. The van der Waals surface area contributed by atoms with Gasteiger partial charge in [0.05, 0.1) is 17.8 Å². The van der Waals surface area contributed by atoms with E-state index in [-0.39, 0.29) is 5.91 Å². The van der Waals surface area contributed by atoms with Crippen LogP contribution in [-0.4, -0.2) is 63.4 Å². The van der Waals surface area contributed by atoms with Gasteiger partial charge >= 0.3 is 0 Å². The van der Waals surface area contributed by atoms with E-state index >= 15 is 0 Å². The van der Waals surface area contributed by atoms with Crippen molar-refractivity contribution in [2.75, 3.05) is 51.3 Å². The fraction of sp³-hybridized carbons (Fsp3) is 0.444. The van der Waals surface area contributed by atoms with Gasteiger partial charge in [0, 0.05) is 51.3 Å². The largest absolute Gasteiger partial charge is 0.493 e. The summed E-state index contributed by atoms with van der Waals surface area (Å²) >= 11 is 6.42. The second-order valence-corrected chi connectivity index (χ2v) is 9.37. The van der Waals surface area contributed by atoms with Crippen LogP contribution in [0, 0.1) is 0 Å². The van der Waals surface area contributed by atoms with Crippen LogP contribution in [0.2, 0.25) is 5.02 Å². The van der Waals surface area contributed by atoms with Crippen LogP contribution in [-0.2, 0) is 17.6 Å². The number of rotatable bonds is 9. The molecule has 0 aromatic heterocycles. The maximum atomic E-state index is 14.7. The third-order valence-corrected chi connectivity index (χ3v) is 6.95. The molecular weight excluding hydrogens is 453 g/mol. The number of aryl methyl sites for hydroxylation is 1. The topological polar surface area (TPSA) is 44.8 Å². The Labute approximate surface area is 206 Å². The highest BCUT2D eigenvalue weighted by Gasteiger charge is 2.24. The smallest absolute Gasteiger partial charge is 0.247 e. The molecule has 1 aliphatic heterocycles. The Kier molecular flexibility index (Phi) is 8.11. The second kappa shape index (κ2) is 11.2. The standard InChI is InChI=1S/C27H33ClFN3O2/c1-3-19-14-24(28)26(34-2)25(15-19)32-12-10-31(11-13-32)18-23(29)8-9-30-27(33)22-16-20-6-4-5-7-21(20)17-22/h4-7,14-16,23H,3,8-13,17-18H2,1-2H3,(H,30,33). The van der Waals surface area contributed by atoms with Crippen LogP contribution in [0.5, 0.6) is 5.75 Å². The normalized spacial score (nSPS) is 16.7. The van der Waals surface area contributed by atoms with E-state index in [4.69, 9.17) is 16.3 Å². The maximum absolute atomic E-state index is 14.7. The van der Waals surface area contributed by atoms with Gasteiger partial charge < -0.3 is 15.0 Å². The number of nitrogens with one attached hydrogen (secondary N) is 1. The van der Waals surface area contributed by atoms with Crippen LogP contribution in [0.4, 0.5) is 10.1 Å². The average Bonchev–Trinajstić information content (AvgIpc) is 3.28. The summed E-state index contributed by atoms with van der Waals surface area (Å²) in [4.78, 5) is 16.9. The van der Waals surface area contributed by atoms with Gasteiger partial charge in [-0.2, -0.15) is 0 Å². The third-order valence-electron chi connectivity index (χ3n) is 6.67. The molecule has 5 nitrogen and oxygen atoms in total. The van der Waals surface area contributed by atoms with E-state index in [0.29, 0.717) is 36.7 Å². The van der Waals surface area contributed by atoms with Crippen molar-refractivity contribution in [2.24, 2.45) is 0 Å². The maximum Gasteiger partial charge on any atom is 0.247 e. The van der Waals surface area contributed by atoms with Crippen LogP contribution in [0.1, 0.15) is 30.0 Å². The molecule has 1 amide bonds. The van der Waals surface area contributed by atoms with Crippen molar-refractivity contribution in [1.82, 2.24) is 10.2 Å². The molecule has 182 valence electrons. The highest BCUT2D eigenvalue weighted by molar-refractivity contribution is 6.32. The minimum Gasteiger partial charge on any atom is -0.493 e. The number of amides is 1. The summed E-state index contributed by atoms with van der Waals surface area (Å²) in [5.74, 6) is 0.603. The Morgan fingerprint density at radius 1 is 1.21 bits per heavy atom. The van der Waals surface area contributed by atoms with Crippen molar-refractivity contribution in [3.8, 4) is 5.75 Å². The number of fused-ring (bicyclic) bond motifs is 1. The zero-order valence-electron chi connectivity index (χ0n) is 19.9. The van der Waals surface area contributed by atoms with Crippen molar-refractivity contribution in [2.45, 2.75) is 32.4 Å². The van der Waals surface area contributed by atoms with Gasteiger partial charge in [-0.1, -0.05) is 42.8 Å². The molecular formula is C27H33ClFN3O2. The summed E-state index contributed by atoms with van der Waals surface area (Å²) in [7, 11) is 1.64. The lowest BCUT2D eigenvalue weighted by Crippen LogP contribution is -2.48. The Morgan fingerprint density at radius 3 is 2.68 bits per heavy atom. The number of benzene rings is 2. The number of hydrogen-bond donors (Lipinski definition) is 1. The highest BCUT2D eigenvalue weighted by Crippen LogP contribution is 2.37. The molecule has 1 fully saturated rings. The van der Waals surface area contributed by atoms with E-state index in [1.807, 2.05) is 36.4 Å². The highest BCUT2D eigenvalue weighted by atomic mass is 35.5. The molecule has 2 aromatic rings. The lowest BCUT2D eigenvalue weighted by molar-refractivity contribution is -0.117. The van der Waals surface area contributed by atoms with Gasteiger partial charge in [-0.3, -0.25) is 9.69 Å². The molecule has 1 saturated heterocycles. The third kappa shape index (κ3) is 5.73. The zero-order valence-corrected chi connectivity index (χ0v) is 20.7. The van der Waals surface area contributed by atoms with Crippen LogP contribution in [0.15, 0.2) is 42.0 Å². The first-order valence-corrected chi connectivity index (χ1v) is 12.4. The predicted octanol–water partition coefficient (Wildman–Crippen LogP) is 4.52. The van der Waals surface area contributed by atoms with Gasteiger partial charge in [-0.05, 0) is 47.7 Å². The minimum atomic E-state index is -0.978. The number of piperazine rings is 1. The number of carbonyl (C=O) groups is 1. The lowest BCUT2D eigenvalue weighted by Gasteiger charge is -2.37. The molecule has 4 rings (SSSR count). The van der Waals surface area contributed by atoms with Crippen LogP contribution in [0.25, 0.3) is 6.08 Å². The molecule has 1 heterocycles. The van der Waals surface area contributed by atoms with Crippen molar-refractivity contribution in [3.05, 3.63) is 63.7 Å². The van der Waals surface area contributed by atoms with Crippen LogP contribution in [0.3, 0.4) is 0 Å². The first-order valence-electron chi connectivity index (χ1n) is 12.0. The molecule has 0 radical (unpaired) electrons. The van der Waals surface area contributed by atoms with Gasteiger partial charge in [0.15, 0.2) is 5.75 Å². The number of anilines is 1. The van der Waals surface area contributed by atoms with Gasteiger partial charge in [0.25, 0.3) is 0 Å². The summed E-state index contributed by atoms with van der Waals surface area (Å²) in [6, 6.07) is 12.1. The SMILES string of the molecule is CCc1cc(Cl)c(OC)c(N2CCN(CC(F)CCNC(=O)C3=Cc4ccccc4C3)CC2)c1. The number of hydrogen-bond acceptors (Lipinski definition) is 4. The van der Waals surface area contributed by atoms with E-state index < -0.39 is 6.17 Å². The van der Waals surface area contributed by atoms with E-state index in [1.165, 1.54) is 5.56 Å². The Balaban J connectivity index is 1.21. The van der Waals surface area contributed by atoms with Crippen molar-refractivity contribution in [3.63, 3.8) is 0 Å². The van der Waals surface area contributed by atoms with Crippen LogP contribution < -0.4 is 15.0 Å². The number of ether oxygens (including phenoxy) is 1. The van der Waals surface area contributed by atoms with Gasteiger partial charge in [0.1, 0.15) is 6.17 Å². The number of carbonyl (C=O) groups excluding carboxylic acids is 1. The monoisotopic (exact) mass is 485 g/mol. The summed E-state index contributed by atoms with van der Waals surface area (Å²) in [5, 5.41) is 3.51. The van der Waals surface area contributed by atoms with Gasteiger partial charge in [-0.25, -0.2) is 4.39 Å². The first kappa shape index (κ1) is 24.6. The van der Waals surface area contributed by atoms with E-state index in [1.54, 1.807) is 7.11 Å². The first-order chi connectivity index (χ1) is 16.5. The molecule has 0 saturated carbocycles. The molecule has 0 spiro atoms. The van der Waals surface area contributed by atoms with Gasteiger partial charge in [0.2, 0.25) is 5.91 Å². The summed E-state index contributed by atoms with van der Waals surface area (Å²) in [6.45, 7) is 5.95. The molecule has 7 heteroatoms. The predicted molar refractivity (Wildman–Crippen MR) is 137 cm³/mol. The molecule has 2 aliphatic rings. The zero-order chi connectivity index (χ0) is 24.1. The van der Waals surface area contributed by atoms with E-state index in [0.717, 1.165) is 55.0 Å². The van der Waals surface area contributed by atoms with Crippen molar-refractivity contribution in [1.29, 1.82) is 0 Å². The fourth-order valence-electron chi connectivity index (χ4n) is 4.70. The quantitative estimate of drug-likeness (QED) is 0.567. The molecule has 0 bridgehead atoms. The number of methoxy groups -OCH3 is 1. The minimum absolute atomic E-state index is 0.0982. The van der Waals surface area contributed by atoms with E-state index in [9.17, 15) is 9.18 Å². The molecule has 1 atom stereocenters. The molecule has 34 heavy (non-hydrogen) atoms. The van der Waals surface area contributed by atoms with Crippen molar-refractivity contribution >= 4 is 29.3 Å². The summed E-state index contributed by atoms with van der Waals surface area (Å²) in [5.41, 5.74) is 5.18. The van der Waals surface area contributed by atoms with E-state index in [2.05, 4.69) is 28.1 Å². The Morgan fingerprint density at radius 2 is 1.97 bits per heavy atom. The number of halogens is 2. The summed E-state index contributed by atoms with van der Waals surface area (Å²) in [6.07, 6.45) is 2.81. The fourth-order valence-corrected chi connectivity index (χ4v) is 5.01. The molecule has 1 N–H and O–H groups in total. The van der Waals surface area contributed by atoms with Gasteiger partial charge in [-0.15, -0.1) is 0 Å². The van der Waals surface area contributed by atoms with Crippen LogP contribution >= 0.6 is 11.6 Å². The average molecular weight is 486 g/mol. The summed E-state index contributed by atoms with van der Waals surface area (Å²) < 4.78 is 20.2.